The summed E-state index contributed by atoms with van der Waals surface area (Å²) in [6, 6.07) is 36.1. The van der Waals surface area contributed by atoms with Gasteiger partial charge in [0.05, 0.1) is 62.3 Å². The molecule has 0 aromatic heterocycles. The summed E-state index contributed by atoms with van der Waals surface area (Å²) in [5.41, 5.74) is 22.0. The minimum atomic E-state index is -0.929. The molecule has 0 amide bonds. The first-order valence-electron chi connectivity index (χ1n) is 27.7. The van der Waals surface area contributed by atoms with Crippen molar-refractivity contribution in [1.82, 2.24) is 5.32 Å². The Morgan fingerprint density at radius 1 is 0.512 bits per heavy atom. The van der Waals surface area contributed by atoms with E-state index in [0.29, 0.717) is 49.7 Å². The summed E-state index contributed by atoms with van der Waals surface area (Å²) in [5.74, 6) is 2.26. The van der Waals surface area contributed by atoms with Gasteiger partial charge in [0.25, 0.3) is 0 Å². The number of hydrogen-bond acceptors (Lipinski definition) is 17. The molecule has 7 unspecified atom stereocenters. The van der Waals surface area contributed by atoms with Gasteiger partial charge >= 0.3 is 0 Å². The summed E-state index contributed by atoms with van der Waals surface area (Å²) in [5, 5.41) is 3.06. The van der Waals surface area contributed by atoms with Crippen LogP contribution in [-0.4, -0.2) is 166 Å². The molecule has 0 bridgehead atoms. The first-order valence-corrected chi connectivity index (χ1v) is 27.7. The molecule has 3 aliphatic heterocycles. The van der Waals surface area contributed by atoms with E-state index >= 15 is 0 Å². The van der Waals surface area contributed by atoms with E-state index in [9.17, 15) is 19.2 Å². The molecular weight excluding hydrogens is 1020 g/mol. The van der Waals surface area contributed by atoms with Crippen LogP contribution in [0.15, 0.2) is 121 Å². The Balaban J connectivity index is 0.000000281. The van der Waals surface area contributed by atoms with E-state index < -0.39 is 48.7 Å². The number of nitrogens with two attached hydrogens (primary N) is 3. The Labute approximate surface area is 476 Å². The van der Waals surface area contributed by atoms with Crippen molar-refractivity contribution in [2.24, 2.45) is 40.9 Å². The number of benzene rings is 4. The molecule has 17 heteroatoms. The second-order valence-electron chi connectivity index (χ2n) is 20.8. The normalized spacial score (nSPS) is 22.4. The molecule has 3 heterocycles. The van der Waals surface area contributed by atoms with Gasteiger partial charge in [-0.2, -0.15) is 0 Å². The largest absolute Gasteiger partial charge is 0.382 e. The number of ether oxygens (including phenoxy) is 9. The lowest BCUT2D eigenvalue weighted by molar-refractivity contribution is -0.142. The van der Waals surface area contributed by atoms with E-state index in [1.807, 2.05) is 121 Å². The number of fused-ring (bicyclic) bond motifs is 1. The highest BCUT2D eigenvalue weighted by molar-refractivity contribution is 5.89. The molecule has 7 N–H and O–H groups in total. The molecule has 17 nitrogen and oxygen atoms in total. The second kappa shape index (κ2) is 38.7. The van der Waals surface area contributed by atoms with Gasteiger partial charge in [0.1, 0.15) is 24.7 Å². The minimum Gasteiger partial charge on any atom is -0.382 e. The fourth-order valence-electron chi connectivity index (χ4n) is 9.19. The number of ketones is 3. The van der Waals surface area contributed by atoms with E-state index in [2.05, 4.69) is 33.0 Å². The van der Waals surface area contributed by atoms with Crippen LogP contribution >= 0.6 is 0 Å². The third kappa shape index (κ3) is 23.9. The molecule has 0 saturated carbocycles. The number of carbonyl (C=O) groups excluding carboxylic acids is 4. The van der Waals surface area contributed by atoms with Crippen LogP contribution < -0.4 is 22.5 Å². The number of hydrogen-bond donors (Lipinski definition) is 4. The van der Waals surface area contributed by atoms with Gasteiger partial charge in [-0.05, 0) is 66.7 Å². The zero-order valence-corrected chi connectivity index (χ0v) is 49.2. The zero-order chi connectivity index (χ0) is 59.0. The highest BCUT2D eigenvalue weighted by atomic mass is 16.6. The first-order chi connectivity index (χ1) is 38.5. The quantitative estimate of drug-likeness (QED) is 0.0428. The SMILES string of the molecule is COC(C)C(OC)C(=O)[C@@H](N)Cc1ccccc1.COC(N[C@@H](C=O)Cc1ccccc1)C(OC)C(=O)[C@@H](N)Cc1ccccc1.COCC(OC)C(=O)[C@@H](N)Cc1ccccc1.C[C@@H]1COC2C1OC[C@@H]2C.C[C@@H]1COC[C@H]1C. The predicted octanol–water partition coefficient (Wildman–Crippen LogP) is 5.82. The van der Waals surface area contributed by atoms with Gasteiger partial charge in [-0.15, -0.1) is 0 Å². The fraction of sp³-hybridized carbons (Fsp3) is 0.556. The van der Waals surface area contributed by atoms with Crippen molar-refractivity contribution in [1.29, 1.82) is 0 Å². The summed E-state index contributed by atoms with van der Waals surface area (Å²) in [7, 11) is 8.95. The van der Waals surface area contributed by atoms with E-state index in [4.69, 9.17) is 59.8 Å². The van der Waals surface area contributed by atoms with Crippen LogP contribution in [-0.2, 0) is 87.5 Å². The molecule has 0 aliphatic carbocycles. The van der Waals surface area contributed by atoms with Gasteiger partial charge in [-0.3, -0.25) is 19.7 Å². The third-order valence-corrected chi connectivity index (χ3v) is 14.4. The van der Waals surface area contributed by atoms with Gasteiger partial charge in [0.15, 0.2) is 23.5 Å². The maximum atomic E-state index is 12.8. The monoisotopic (exact) mass is 1110 g/mol. The molecule has 4 aromatic carbocycles. The predicted molar refractivity (Wildman–Crippen MR) is 311 cm³/mol. The molecular formula is C63H94N4O13. The first kappa shape index (κ1) is 69.3. The second-order valence-corrected chi connectivity index (χ2v) is 20.8. The molecule has 3 saturated heterocycles. The zero-order valence-electron chi connectivity index (χ0n) is 49.2. The number of carbonyl (C=O) groups is 4. The summed E-state index contributed by atoms with van der Waals surface area (Å²) < 4.78 is 47.4. The average Bonchev–Trinajstić information content (AvgIpc) is 4.18. The van der Waals surface area contributed by atoms with E-state index in [-0.39, 0.29) is 30.1 Å². The number of Topliss-reactive ketones (excluding diaryl/α,β-unsaturated/α-hetero) is 3. The van der Waals surface area contributed by atoms with Crippen molar-refractivity contribution in [3.8, 4) is 0 Å². The summed E-state index contributed by atoms with van der Waals surface area (Å²) in [6.07, 6.45) is 0.281. The lowest BCUT2D eigenvalue weighted by Crippen LogP contribution is -2.55. The Bertz CT molecular complexity index is 2260. The topological polar surface area (TPSA) is 241 Å². The van der Waals surface area contributed by atoms with Crippen molar-refractivity contribution in [3.05, 3.63) is 144 Å². The Hall–Kier alpha value is -4.96. The van der Waals surface area contributed by atoms with Gasteiger partial charge in [0, 0.05) is 67.7 Å². The molecule has 0 radical (unpaired) electrons. The molecule has 3 fully saturated rings. The minimum absolute atomic E-state index is 0.127. The van der Waals surface area contributed by atoms with E-state index in [1.54, 1.807) is 14.0 Å². The number of methoxy groups -OCH3 is 6. The van der Waals surface area contributed by atoms with Gasteiger partial charge in [0.2, 0.25) is 0 Å². The summed E-state index contributed by atoms with van der Waals surface area (Å²) in [4.78, 5) is 48.5. The van der Waals surface area contributed by atoms with Crippen LogP contribution in [0.25, 0.3) is 0 Å². The Morgan fingerprint density at radius 2 is 0.887 bits per heavy atom. The van der Waals surface area contributed by atoms with Crippen LogP contribution in [0.1, 0.15) is 56.9 Å². The van der Waals surface area contributed by atoms with Crippen LogP contribution in [0.2, 0.25) is 0 Å². The lowest BCUT2D eigenvalue weighted by Gasteiger charge is -2.29. The smallest absolute Gasteiger partial charge is 0.182 e. The van der Waals surface area contributed by atoms with Gasteiger partial charge in [-0.1, -0.05) is 149 Å². The highest BCUT2D eigenvalue weighted by Crippen LogP contribution is 2.33. The maximum Gasteiger partial charge on any atom is 0.182 e. The highest BCUT2D eigenvalue weighted by Gasteiger charge is 2.43. The molecule has 15 atom stereocenters. The Kier molecular flexibility index (Phi) is 33.5. The Morgan fingerprint density at radius 3 is 1.20 bits per heavy atom. The summed E-state index contributed by atoms with van der Waals surface area (Å²) in [6.45, 7) is 14.6. The lowest BCUT2D eigenvalue weighted by atomic mass is 9.98. The van der Waals surface area contributed by atoms with Crippen molar-refractivity contribution < 1.29 is 61.8 Å². The number of aldehydes is 1. The average molecular weight is 1120 g/mol. The molecule has 444 valence electrons. The molecule has 7 rings (SSSR count). The van der Waals surface area contributed by atoms with E-state index in [0.717, 1.165) is 66.8 Å². The fourth-order valence-corrected chi connectivity index (χ4v) is 9.19. The van der Waals surface area contributed by atoms with Crippen molar-refractivity contribution >= 4 is 23.6 Å². The number of nitrogens with one attached hydrogen (secondary N) is 1. The third-order valence-electron chi connectivity index (χ3n) is 14.4. The molecule has 4 aromatic rings. The number of rotatable bonds is 26. The van der Waals surface area contributed by atoms with Gasteiger partial charge in [-0.25, -0.2) is 0 Å². The standard InChI is InChI=1S/C22H28N2O4.C14H21NO3.C13H19NO3.C8H14O2.C6H12O/c1-27-21(20(26)19(23)14-17-11-7-4-8-12-17)22(28-2)24-18(15-25)13-16-9-5-3-6-10-16;1-10(17-2)14(18-3)13(16)12(15)9-11-7-5-4-6-8-11;1-16-9-12(17-2)13(15)11(14)8-10-6-4-3-5-7-10;1-5-3-9-8-6(2)4-10-7(5)8;1-5-3-7-4-6(5)2/h3-12,15,18-19,21-22,24H,13-14,23H2,1-2H3;4-8,10,12,14H,9,15H2,1-3H3;3-7,11-12H,8-9,14H2,1-2H3;5-8H,3-4H2,1-2H3;5-6H,3-4H2,1-2H3/t18-,19+,21?,22?;10?,12-,14?;11-,12?;5-,6+,7?,8?;5-,6-/m100.1/s1. The molecule has 3 aliphatic rings. The van der Waals surface area contributed by atoms with Gasteiger partial charge < -0.3 is 64.6 Å². The molecule has 80 heavy (non-hydrogen) atoms. The maximum absolute atomic E-state index is 12.8. The van der Waals surface area contributed by atoms with E-state index in [1.165, 1.54) is 35.5 Å². The van der Waals surface area contributed by atoms with Crippen LogP contribution in [0.4, 0.5) is 0 Å². The summed E-state index contributed by atoms with van der Waals surface area (Å²) >= 11 is 0. The van der Waals surface area contributed by atoms with Crippen LogP contribution in [0, 0.1) is 23.7 Å². The molecule has 0 spiro atoms. The van der Waals surface area contributed by atoms with Crippen molar-refractivity contribution in [2.75, 3.05) is 75.7 Å². The van der Waals surface area contributed by atoms with Crippen molar-refractivity contribution in [3.63, 3.8) is 0 Å². The van der Waals surface area contributed by atoms with Crippen molar-refractivity contribution in [2.45, 2.75) is 127 Å². The van der Waals surface area contributed by atoms with Crippen LogP contribution in [0.3, 0.4) is 0 Å². The van der Waals surface area contributed by atoms with Crippen LogP contribution in [0.5, 0.6) is 0 Å².